The average Bonchev–Trinajstić information content (AvgIpc) is 3.82. The number of halogens is 3. The van der Waals surface area contributed by atoms with Gasteiger partial charge < -0.3 is 26.0 Å². The van der Waals surface area contributed by atoms with Crippen molar-refractivity contribution in [2.45, 2.75) is 50.9 Å². The number of fused-ring (bicyclic) bond motifs is 1. The van der Waals surface area contributed by atoms with Crippen molar-refractivity contribution in [2.24, 2.45) is 0 Å². The number of aromatic nitrogens is 3. The van der Waals surface area contributed by atoms with Crippen LogP contribution in [-0.4, -0.2) is 58.5 Å². The minimum Gasteiger partial charge on any atom is -0.481 e. The fourth-order valence-corrected chi connectivity index (χ4v) is 7.50. The standard InChI is InChI=1S/C37H36Cl3N7O3/c1-50-37-22(17-41-18-23-9-12-32(48)43-23)8-11-29(46-37)28-7-3-6-27(35(28)39)26-5-2-4-25(34(26)38)21-14-15-47-31(16-21)45-30(36(47)40)20-42-19-24-10-13-33(49)44-24/h2-8,11,14-16,23-24,41-42H,9-10,12-13,17-20H2,1H3,(H,43,48)(H,44,49)/t23-,24+/m1/s1. The fraction of sp³-hybridized carbons (Fsp3) is 0.297. The van der Waals surface area contributed by atoms with Crippen molar-refractivity contribution >= 4 is 52.3 Å². The van der Waals surface area contributed by atoms with Gasteiger partial charge in [-0.15, -0.1) is 0 Å². The van der Waals surface area contributed by atoms with Crippen molar-refractivity contribution in [1.29, 1.82) is 0 Å². The first-order chi connectivity index (χ1) is 24.3. The van der Waals surface area contributed by atoms with Crippen LogP contribution in [0.25, 0.3) is 39.2 Å². The van der Waals surface area contributed by atoms with Crippen LogP contribution in [0.3, 0.4) is 0 Å². The number of methoxy groups -OCH3 is 1. The van der Waals surface area contributed by atoms with Crippen molar-refractivity contribution in [2.75, 3.05) is 20.2 Å². The van der Waals surface area contributed by atoms with Crippen molar-refractivity contribution in [3.8, 4) is 39.4 Å². The van der Waals surface area contributed by atoms with Gasteiger partial charge in [-0.25, -0.2) is 9.97 Å². The number of ether oxygens (including phenoxy) is 1. The Kier molecular flexibility index (Phi) is 10.3. The van der Waals surface area contributed by atoms with Gasteiger partial charge in [0.1, 0.15) is 10.8 Å². The number of pyridine rings is 2. The third kappa shape index (κ3) is 7.17. The van der Waals surface area contributed by atoms with Gasteiger partial charge in [-0.3, -0.25) is 14.0 Å². The normalized spacial score (nSPS) is 17.4. The van der Waals surface area contributed by atoms with Crippen LogP contribution in [0.2, 0.25) is 15.2 Å². The summed E-state index contributed by atoms with van der Waals surface area (Å²) in [6, 6.07) is 19.8. The number of carbonyl (C=O) groups is 2. The molecule has 13 heteroatoms. The zero-order valence-corrected chi connectivity index (χ0v) is 29.6. The number of amides is 2. The molecule has 5 aromatic rings. The Morgan fingerprint density at radius 2 is 1.42 bits per heavy atom. The summed E-state index contributed by atoms with van der Waals surface area (Å²) in [7, 11) is 1.60. The number of nitrogens with zero attached hydrogens (tertiary/aromatic N) is 3. The highest BCUT2D eigenvalue weighted by Gasteiger charge is 2.22. The van der Waals surface area contributed by atoms with Crippen LogP contribution >= 0.6 is 34.8 Å². The quantitative estimate of drug-likeness (QED) is 0.117. The second-order valence-electron chi connectivity index (χ2n) is 12.6. The van der Waals surface area contributed by atoms with E-state index in [1.165, 1.54) is 0 Å². The Labute approximate surface area is 304 Å². The Hall–Kier alpha value is -4.19. The minimum atomic E-state index is 0.0916. The van der Waals surface area contributed by atoms with Crippen LogP contribution in [0, 0.1) is 0 Å². The van der Waals surface area contributed by atoms with Crippen LogP contribution in [0.5, 0.6) is 5.88 Å². The molecule has 2 aliphatic rings. The molecule has 4 N–H and O–H groups in total. The Morgan fingerprint density at radius 3 is 2.06 bits per heavy atom. The zero-order chi connectivity index (χ0) is 34.8. The number of carbonyl (C=O) groups excluding carboxylic acids is 2. The molecular weight excluding hydrogens is 697 g/mol. The highest BCUT2D eigenvalue weighted by molar-refractivity contribution is 6.39. The molecule has 2 saturated heterocycles. The fourth-order valence-electron chi connectivity index (χ4n) is 6.58. The van der Waals surface area contributed by atoms with E-state index in [-0.39, 0.29) is 23.9 Å². The largest absolute Gasteiger partial charge is 0.481 e. The predicted octanol–water partition coefficient (Wildman–Crippen LogP) is 6.44. The topological polar surface area (TPSA) is 122 Å². The van der Waals surface area contributed by atoms with Gasteiger partial charge in [-0.1, -0.05) is 77.3 Å². The van der Waals surface area contributed by atoms with Crippen LogP contribution < -0.4 is 26.0 Å². The highest BCUT2D eigenvalue weighted by Crippen LogP contribution is 2.42. The highest BCUT2D eigenvalue weighted by atomic mass is 35.5. The Morgan fingerprint density at radius 1 is 0.800 bits per heavy atom. The Balaban J connectivity index is 1.10. The summed E-state index contributed by atoms with van der Waals surface area (Å²) in [6.45, 7) is 2.36. The van der Waals surface area contributed by atoms with Gasteiger partial charge in [0.05, 0.1) is 28.5 Å². The molecule has 0 spiro atoms. The number of nitrogens with one attached hydrogen (secondary N) is 4. The number of benzene rings is 2. The lowest BCUT2D eigenvalue weighted by Crippen LogP contribution is -2.35. The molecule has 2 aromatic carbocycles. The molecule has 0 aliphatic carbocycles. The van der Waals surface area contributed by atoms with Gasteiger partial charge in [0.25, 0.3) is 0 Å². The zero-order valence-electron chi connectivity index (χ0n) is 27.4. The molecule has 0 radical (unpaired) electrons. The maximum absolute atomic E-state index is 11.5. The van der Waals surface area contributed by atoms with E-state index in [2.05, 4.69) is 21.3 Å². The molecule has 50 heavy (non-hydrogen) atoms. The number of rotatable bonds is 12. The van der Waals surface area contributed by atoms with Crippen LogP contribution in [0.1, 0.15) is 36.9 Å². The van der Waals surface area contributed by atoms with Crippen molar-refractivity contribution in [1.82, 2.24) is 35.6 Å². The lowest BCUT2D eigenvalue weighted by atomic mass is 9.97. The summed E-state index contributed by atoms with van der Waals surface area (Å²) in [5.74, 6) is 0.692. The smallest absolute Gasteiger partial charge is 0.220 e. The number of hydrogen-bond donors (Lipinski definition) is 4. The minimum absolute atomic E-state index is 0.0916. The van der Waals surface area contributed by atoms with E-state index in [0.717, 1.165) is 51.9 Å². The van der Waals surface area contributed by atoms with E-state index in [1.807, 2.05) is 71.3 Å². The summed E-state index contributed by atoms with van der Waals surface area (Å²) >= 11 is 20.9. The van der Waals surface area contributed by atoms with Gasteiger partial charge in [0.2, 0.25) is 17.7 Å². The summed E-state index contributed by atoms with van der Waals surface area (Å²) in [5.41, 5.74) is 7.03. The van der Waals surface area contributed by atoms with Crippen molar-refractivity contribution < 1.29 is 14.3 Å². The maximum Gasteiger partial charge on any atom is 0.220 e. The molecule has 2 amide bonds. The van der Waals surface area contributed by atoms with Crippen LogP contribution in [-0.2, 0) is 22.7 Å². The molecule has 7 rings (SSSR count). The lowest BCUT2D eigenvalue weighted by Gasteiger charge is -2.16. The number of hydrogen-bond acceptors (Lipinski definition) is 7. The van der Waals surface area contributed by atoms with Gasteiger partial charge in [0.15, 0.2) is 0 Å². The van der Waals surface area contributed by atoms with Gasteiger partial charge in [-0.05, 0) is 36.6 Å². The van der Waals surface area contributed by atoms with Gasteiger partial charge in [-0.2, -0.15) is 0 Å². The van der Waals surface area contributed by atoms with E-state index in [0.29, 0.717) is 71.4 Å². The van der Waals surface area contributed by atoms with E-state index in [1.54, 1.807) is 7.11 Å². The molecule has 3 aromatic heterocycles. The third-order valence-electron chi connectivity index (χ3n) is 9.20. The van der Waals surface area contributed by atoms with Gasteiger partial charge in [0, 0.05) is 85.1 Å². The van der Waals surface area contributed by atoms with E-state index in [4.69, 9.17) is 49.5 Å². The SMILES string of the molecule is COc1nc(-c2cccc(-c3cccc(-c4ccn5c(Cl)c(CNC[C@@H]6CCC(=O)N6)nc5c4)c3Cl)c2Cl)ccc1CNC[C@H]1CCC(=O)N1. The molecule has 2 fully saturated rings. The molecule has 2 atom stereocenters. The first-order valence-corrected chi connectivity index (χ1v) is 17.7. The van der Waals surface area contributed by atoms with Crippen molar-refractivity contribution in [3.63, 3.8) is 0 Å². The van der Waals surface area contributed by atoms with E-state index >= 15 is 0 Å². The average molecular weight is 733 g/mol. The molecule has 0 unspecified atom stereocenters. The summed E-state index contributed by atoms with van der Waals surface area (Å²) < 4.78 is 7.49. The maximum atomic E-state index is 11.5. The third-order valence-corrected chi connectivity index (χ3v) is 10.4. The van der Waals surface area contributed by atoms with E-state index in [9.17, 15) is 9.59 Å². The van der Waals surface area contributed by atoms with Gasteiger partial charge >= 0.3 is 0 Å². The van der Waals surface area contributed by atoms with Crippen LogP contribution in [0.15, 0.2) is 66.9 Å². The molecule has 2 aliphatic heterocycles. The summed E-state index contributed by atoms with van der Waals surface area (Å²) in [6.07, 6.45) is 4.69. The summed E-state index contributed by atoms with van der Waals surface area (Å²) in [4.78, 5) is 32.6. The molecular formula is C37H36Cl3N7O3. The lowest BCUT2D eigenvalue weighted by molar-refractivity contribution is -0.120. The van der Waals surface area contributed by atoms with Crippen LogP contribution in [0.4, 0.5) is 0 Å². The molecule has 258 valence electrons. The molecule has 0 saturated carbocycles. The van der Waals surface area contributed by atoms with E-state index < -0.39 is 0 Å². The summed E-state index contributed by atoms with van der Waals surface area (Å²) in [5, 5.41) is 14.3. The monoisotopic (exact) mass is 731 g/mol. The first-order valence-electron chi connectivity index (χ1n) is 16.6. The molecule has 5 heterocycles. The first kappa shape index (κ1) is 34.3. The second kappa shape index (κ2) is 15.0. The second-order valence-corrected chi connectivity index (χ2v) is 13.7. The Bertz CT molecular complexity index is 2090. The molecule has 10 nitrogen and oxygen atoms in total. The number of imidazole rings is 1. The predicted molar refractivity (Wildman–Crippen MR) is 197 cm³/mol. The van der Waals surface area contributed by atoms with Crippen molar-refractivity contribution in [3.05, 3.63) is 93.3 Å². The molecule has 0 bridgehead atoms.